The van der Waals surface area contributed by atoms with E-state index in [1.165, 1.54) is 18.3 Å². The lowest BCUT2D eigenvalue weighted by molar-refractivity contribution is -0.138. The number of aromatic nitrogens is 2. The van der Waals surface area contributed by atoms with Crippen LogP contribution in [0.4, 0.5) is 4.39 Å². The Labute approximate surface area is 144 Å². The Morgan fingerprint density at radius 3 is 2.48 bits per heavy atom. The van der Waals surface area contributed by atoms with Crippen molar-refractivity contribution in [2.45, 2.75) is 26.2 Å². The minimum Gasteiger partial charge on any atom is -0.481 e. The topological polar surface area (TPSA) is 75.4 Å². The van der Waals surface area contributed by atoms with Crippen LogP contribution >= 0.6 is 0 Å². The van der Waals surface area contributed by atoms with Crippen LogP contribution in [0.1, 0.15) is 35.3 Å². The molecule has 7 heteroatoms. The lowest BCUT2D eigenvalue weighted by Crippen LogP contribution is -2.39. The molecule has 132 valence electrons. The zero-order valence-electron chi connectivity index (χ0n) is 14.0. The quantitative estimate of drug-likeness (QED) is 0.924. The van der Waals surface area contributed by atoms with Crippen LogP contribution < -0.4 is 0 Å². The average Bonchev–Trinajstić information content (AvgIpc) is 2.97. The number of halogens is 1. The zero-order valence-corrected chi connectivity index (χ0v) is 14.0. The molecular weight excluding hydrogens is 325 g/mol. The van der Waals surface area contributed by atoms with Crippen LogP contribution in [0.2, 0.25) is 0 Å². The number of nitrogens with zero attached hydrogens (tertiary/aromatic N) is 3. The van der Waals surface area contributed by atoms with Crippen molar-refractivity contribution in [2.75, 3.05) is 13.1 Å². The van der Waals surface area contributed by atoms with Crippen LogP contribution in [-0.4, -0.2) is 44.8 Å². The maximum Gasteiger partial charge on any atom is 0.303 e. The van der Waals surface area contributed by atoms with Crippen molar-refractivity contribution in [3.05, 3.63) is 47.5 Å². The highest BCUT2D eigenvalue weighted by molar-refractivity contribution is 5.95. The molecule has 1 aromatic carbocycles. The van der Waals surface area contributed by atoms with E-state index in [-0.39, 0.29) is 24.1 Å². The average molecular weight is 345 g/mol. The Kier molecular flexibility index (Phi) is 4.83. The van der Waals surface area contributed by atoms with E-state index in [0.717, 1.165) is 0 Å². The van der Waals surface area contributed by atoms with Crippen LogP contribution in [0, 0.1) is 18.7 Å². The SMILES string of the molecule is Cc1c(C(=O)N2CCC(CC(=O)O)CC2)cnn1-c1ccc(F)cc1. The van der Waals surface area contributed by atoms with Crippen LogP contribution in [0.3, 0.4) is 0 Å². The third-order valence-electron chi connectivity index (χ3n) is 4.68. The second kappa shape index (κ2) is 7.04. The Hall–Kier alpha value is -2.70. The predicted octanol–water partition coefficient (Wildman–Crippen LogP) is 2.65. The van der Waals surface area contributed by atoms with E-state index in [2.05, 4.69) is 5.10 Å². The largest absolute Gasteiger partial charge is 0.481 e. The van der Waals surface area contributed by atoms with Gasteiger partial charge in [0.2, 0.25) is 0 Å². The molecular formula is C18H20FN3O3. The van der Waals surface area contributed by atoms with E-state index >= 15 is 0 Å². The summed E-state index contributed by atoms with van der Waals surface area (Å²) in [5.41, 5.74) is 1.91. The molecule has 0 atom stereocenters. The molecule has 1 aliphatic heterocycles. The van der Waals surface area contributed by atoms with E-state index < -0.39 is 5.97 Å². The van der Waals surface area contributed by atoms with Crippen LogP contribution in [0.5, 0.6) is 0 Å². The van der Waals surface area contributed by atoms with Crippen LogP contribution in [0.25, 0.3) is 5.69 Å². The van der Waals surface area contributed by atoms with Gasteiger partial charge in [-0.2, -0.15) is 5.10 Å². The third kappa shape index (κ3) is 3.70. The smallest absolute Gasteiger partial charge is 0.303 e. The minimum absolute atomic E-state index is 0.0976. The number of carbonyl (C=O) groups excluding carboxylic acids is 1. The highest BCUT2D eigenvalue weighted by Gasteiger charge is 2.27. The third-order valence-corrected chi connectivity index (χ3v) is 4.68. The number of hydrogen-bond donors (Lipinski definition) is 1. The summed E-state index contributed by atoms with van der Waals surface area (Å²) in [7, 11) is 0. The zero-order chi connectivity index (χ0) is 18.0. The lowest BCUT2D eigenvalue weighted by Gasteiger charge is -2.31. The fraction of sp³-hybridized carbons (Fsp3) is 0.389. The first kappa shape index (κ1) is 17.1. The molecule has 1 saturated heterocycles. The molecule has 2 aromatic rings. The van der Waals surface area contributed by atoms with E-state index in [0.29, 0.717) is 42.9 Å². The summed E-state index contributed by atoms with van der Waals surface area (Å²) in [6.07, 6.45) is 3.08. The monoisotopic (exact) mass is 345 g/mol. The summed E-state index contributed by atoms with van der Waals surface area (Å²) in [4.78, 5) is 25.3. The standard InChI is InChI=1S/C18H20FN3O3/c1-12-16(11-20-22(12)15-4-2-14(19)3-5-15)18(25)21-8-6-13(7-9-21)10-17(23)24/h2-5,11,13H,6-10H2,1H3,(H,23,24). The fourth-order valence-electron chi connectivity index (χ4n) is 3.22. The molecule has 0 spiro atoms. The van der Waals surface area contributed by atoms with Crippen molar-refractivity contribution in [3.63, 3.8) is 0 Å². The molecule has 0 unspecified atom stereocenters. The Balaban J connectivity index is 1.71. The number of carboxylic acid groups (broad SMARTS) is 1. The summed E-state index contributed by atoms with van der Waals surface area (Å²) >= 11 is 0. The van der Waals surface area contributed by atoms with E-state index in [1.807, 2.05) is 0 Å². The van der Waals surface area contributed by atoms with Gasteiger partial charge in [0, 0.05) is 19.5 Å². The maximum absolute atomic E-state index is 13.1. The van der Waals surface area contributed by atoms with Gasteiger partial charge in [-0.15, -0.1) is 0 Å². The van der Waals surface area contributed by atoms with Crippen LogP contribution in [0.15, 0.2) is 30.5 Å². The number of aliphatic carboxylic acids is 1. The summed E-state index contributed by atoms with van der Waals surface area (Å²) in [6, 6.07) is 5.93. The van der Waals surface area contributed by atoms with Crippen molar-refractivity contribution in [3.8, 4) is 5.69 Å². The first-order valence-corrected chi connectivity index (χ1v) is 8.27. The molecule has 1 aliphatic rings. The van der Waals surface area contributed by atoms with Gasteiger partial charge < -0.3 is 10.0 Å². The van der Waals surface area contributed by atoms with Gasteiger partial charge in [-0.3, -0.25) is 9.59 Å². The van der Waals surface area contributed by atoms with Crippen molar-refractivity contribution in [2.24, 2.45) is 5.92 Å². The predicted molar refractivity (Wildman–Crippen MR) is 89.1 cm³/mol. The van der Waals surface area contributed by atoms with Gasteiger partial charge >= 0.3 is 5.97 Å². The molecule has 6 nitrogen and oxygen atoms in total. The molecule has 1 fully saturated rings. The molecule has 0 saturated carbocycles. The van der Waals surface area contributed by atoms with E-state index in [1.54, 1.807) is 28.6 Å². The van der Waals surface area contributed by atoms with Gasteiger partial charge in [-0.25, -0.2) is 9.07 Å². The summed E-state index contributed by atoms with van der Waals surface area (Å²) < 4.78 is 14.7. The second-order valence-corrected chi connectivity index (χ2v) is 6.37. The number of carboxylic acids is 1. The molecule has 1 N–H and O–H groups in total. The highest BCUT2D eigenvalue weighted by Crippen LogP contribution is 2.23. The lowest BCUT2D eigenvalue weighted by atomic mass is 9.93. The molecule has 2 heterocycles. The van der Waals surface area contributed by atoms with Gasteiger partial charge in [-0.05, 0) is 49.9 Å². The summed E-state index contributed by atoms with van der Waals surface area (Å²) in [5, 5.41) is 13.1. The normalized spacial score (nSPS) is 15.4. The minimum atomic E-state index is -0.791. The molecule has 25 heavy (non-hydrogen) atoms. The van der Waals surface area contributed by atoms with Gasteiger partial charge in [0.25, 0.3) is 5.91 Å². The van der Waals surface area contributed by atoms with Gasteiger partial charge in [0.05, 0.1) is 23.1 Å². The molecule has 3 rings (SSSR count). The second-order valence-electron chi connectivity index (χ2n) is 6.37. The molecule has 0 radical (unpaired) electrons. The maximum atomic E-state index is 13.1. The summed E-state index contributed by atoms with van der Waals surface area (Å²) in [5.74, 6) is -1.08. The number of rotatable bonds is 4. The number of likely N-dealkylation sites (tertiary alicyclic amines) is 1. The van der Waals surface area contributed by atoms with E-state index in [9.17, 15) is 14.0 Å². The van der Waals surface area contributed by atoms with Crippen molar-refractivity contribution in [1.29, 1.82) is 0 Å². The van der Waals surface area contributed by atoms with Crippen molar-refractivity contribution < 1.29 is 19.1 Å². The van der Waals surface area contributed by atoms with Gasteiger partial charge in [0.15, 0.2) is 0 Å². The fourth-order valence-corrected chi connectivity index (χ4v) is 3.22. The molecule has 1 aromatic heterocycles. The Bertz CT molecular complexity index is 777. The number of hydrogen-bond acceptors (Lipinski definition) is 3. The highest BCUT2D eigenvalue weighted by atomic mass is 19.1. The molecule has 0 bridgehead atoms. The molecule has 0 aliphatic carbocycles. The Morgan fingerprint density at radius 1 is 1.24 bits per heavy atom. The van der Waals surface area contributed by atoms with Crippen molar-refractivity contribution >= 4 is 11.9 Å². The van der Waals surface area contributed by atoms with E-state index in [4.69, 9.17) is 5.11 Å². The van der Waals surface area contributed by atoms with Crippen molar-refractivity contribution in [1.82, 2.24) is 14.7 Å². The first-order valence-electron chi connectivity index (χ1n) is 8.27. The molecule has 1 amide bonds. The number of benzene rings is 1. The van der Waals surface area contributed by atoms with Crippen LogP contribution in [-0.2, 0) is 4.79 Å². The summed E-state index contributed by atoms with van der Waals surface area (Å²) in [6.45, 7) is 2.91. The first-order chi connectivity index (χ1) is 12.0. The number of amides is 1. The van der Waals surface area contributed by atoms with Gasteiger partial charge in [0.1, 0.15) is 5.82 Å². The van der Waals surface area contributed by atoms with Gasteiger partial charge in [-0.1, -0.05) is 0 Å². The Morgan fingerprint density at radius 2 is 1.88 bits per heavy atom. The number of piperidine rings is 1. The number of carbonyl (C=O) groups is 2.